The monoisotopic (exact) mass is 406 g/mol. The number of hydrogen-bond acceptors (Lipinski definition) is 3. The van der Waals surface area contributed by atoms with Crippen LogP contribution in [-0.4, -0.2) is 31.7 Å². The number of carbonyl (C=O) groups is 1. The van der Waals surface area contributed by atoms with Gasteiger partial charge in [-0.1, -0.05) is 24.3 Å². The fourth-order valence-corrected chi connectivity index (χ4v) is 3.82. The zero-order valence-electron chi connectivity index (χ0n) is 15.7. The fourth-order valence-electron chi connectivity index (χ4n) is 3.82. The number of fused-ring (bicyclic) bond motifs is 3. The lowest BCUT2D eigenvalue weighted by atomic mass is 10.1. The van der Waals surface area contributed by atoms with E-state index in [1.54, 1.807) is 24.3 Å². The summed E-state index contributed by atoms with van der Waals surface area (Å²) < 4.78 is 29.6. The third-order valence-corrected chi connectivity index (χ3v) is 5.34. The molecule has 5 rings (SSSR count). The molecular formula is C22H16F2N4O2. The van der Waals surface area contributed by atoms with E-state index in [4.69, 9.17) is 0 Å². The van der Waals surface area contributed by atoms with Gasteiger partial charge in [0.05, 0.1) is 17.8 Å². The molecule has 1 N–H and O–H groups in total. The Hall–Kier alpha value is -3.81. The van der Waals surface area contributed by atoms with Gasteiger partial charge >= 0.3 is 5.69 Å². The Labute approximate surface area is 169 Å². The molecule has 1 aliphatic rings. The van der Waals surface area contributed by atoms with Gasteiger partial charge in [0.25, 0.3) is 5.91 Å². The summed E-state index contributed by atoms with van der Waals surface area (Å²) in [4.78, 5) is 34.2. The molecule has 0 unspecified atom stereocenters. The average Bonchev–Trinajstić information content (AvgIpc) is 3.20. The average molecular weight is 406 g/mol. The smallest absolute Gasteiger partial charge is 0.331 e. The molecule has 1 aliphatic heterocycles. The lowest BCUT2D eigenvalue weighted by molar-refractivity contribution is 0.0729. The predicted molar refractivity (Wildman–Crippen MR) is 106 cm³/mol. The van der Waals surface area contributed by atoms with Gasteiger partial charge in [0, 0.05) is 36.0 Å². The van der Waals surface area contributed by atoms with Crippen molar-refractivity contribution in [3.63, 3.8) is 0 Å². The van der Waals surface area contributed by atoms with E-state index in [-0.39, 0.29) is 23.4 Å². The van der Waals surface area contributed by atoms with Crippen LogP contribution in [0.5, 0.6) is 0 Å². The van der Waals surface area contributed by atoms with Crippen molar-refractivity contribution in [1.29, 1.82) is 0 Å². The van der Waals surface area contributed by atoms with E-state index >= 15 is 0 Å². The fraction of sp³-hybridized carbons (Fsp3) is 0.136. The minimum Gasteiger partial charge on any atom is -0.334 e. The van der Waals surface area contributed by atoms with Gasteiger partial charge in [-0.2, -0.15) is 0 Å². The second-order valence-corrected chi connectivity index (χ2v) is 7.14. The summed E-state index contributed by atoms with van der Waals surface area (Å²) in [6.45, 7) is 0.504. The maximum Gasteiger partial charge on any atom is 0.331 e. The molecule has 0 saturated carbocycles. The molecule has 1 amide bonds. The topological polar surface area (TPSA) is 70.5 Å². The highest BCUT2D eigenvalue weighted by atomic mass is 19.1. The van der Waals surface area contributed by atoms with Gasteiger partial charge in [-0.25, -0.2) is 18.6 Å². The number of imidazole rings is 1. The number of aromatic amines is 1. The quantitative estimate of drug-likeness (QED) is 0.556. The standard InChI is InChI=1S/C22H16F2N4O2/c23-16-7-3-1-5-13(16)19-12-28-20(25-19)15-11-27(10-9-18(15)26-22(28)30)21(29)14-6-2-4-8-17(14)24/h1-8,12H,9-11H2,(H,26,30). The first-order valence-electron chi connectivity index (χ1n) is 9.45. The third-order valence-electron chi connectivity index (χ3n) is 5.34. The summed E-state index contributed by atoms with van der Waals surface area (Å²) in [5.41, 5.74) is 1.92. The summed E-state index contributed by atoms with van der Waals surface area (Å²) in [6, 6.07) is 12.0. The van der Waals surface area contributed by atoms with Crippen LogP contribution in [0.1, 0.15) is 21.6 Å². The highest BCUT2D eigenvalue weighted by molar-refractivity contribution is 5.94. The predicted octanol–water partition coefficient (Wildman–Crippen LogP) is 3.17. The van der Waals surface area contributed by atoms with Crippen LogP contribution in [0.25, 0.3) is 16.9 Å². The number of carbonyl (C=O) groups excluding carboxylic acids is 1. The van der Waals surface area contributed by atoms with Gasteiger partial charge in [-0.05, 0) is 24.3 Å². The van der Waals surface area contributed by atoms with Gasteiger partial charge in [-0.3, -0.25) is 9.20 Å². The lowest BCUT2D eigenvalue weighted by Gasteiger charge is -2.28. The van der Waals surface area contributed by atoms with Gasteiger partial charge in [-0.15, -0.1) is 0 Å². The molecule has 0 spiro atoms. The Kier molecular flexibility index (Phi) is 4.20. The van der Waals surface area contributed by atoms with Crippen molar-refractivity contribution < 1.29 is 13.6 Å². The molecule has 6 nitrogen and oxygen atoms in total. The van der Waals surface area contributed by atoms with Gasteiger partial charge < -0.3 is 9.88 Å². The van der Waals surface area contributed by atoms with Crippen LogP contribution in [0.15, 0.2) is 59.5 Å². The number of amides is 1. The van der Waals surface area contributed by atoms with E-state index in [2.05, 4.69) is 9.97 Å². The third kappa shape index (κ3) is 2.88. The first-order valence-corrected chi connectivity index (χ1v) is 9.45. The van der Waals surface area contributed by atoms with Gasteiger partial charge in [0.2, 0.25) is 0 Å². The van der Waals surface area contributed by atoms with Crippen molar-refractivity contribution >= 4 is 11.6 Å². The summed E-state index contributed by atoms with van der Waals surface area (Å²) in [6.07, 6.45) is 1.88. The lowest BCUT2D eigenvalue weighted by Crippen LogP contribution is -2.38. The first kappa shape index (κ1) is 18.2. The number of hydrogen-bond donors (Lipinski definition) is 1. The van der Waals surface area contributed by atoms with E-state index in [0.717, 1.165) is 0 Å². The summed E-state index contributed by atoms with van der Waals surface area (Å²) in [5, 5.41) is 0. The molecule has 3 heterocycles. The van der Waals surface area contributed by atoms with E-state index < -0.39 is 17.5 Å². The van der Waals surface area contributed by atoms with Crippen molar-refractivity contribution in [3.8, 4) is 11.3 Å². The number of nitrogens with one attached hydrogen (secondary N) is 1. The molecule has 0 radical (unpaired) electrons. The molecule has 30 heavy (non-hydrogen) atoms. The number of rotatable bonds is 2. The maximum absolute atomic E-state index is 14.2. The molecular weight excluding hydrogens is 390 g/mol. The highest BCUT2D eigenvalue weighted by Crippen LogP contribution is 2.26. The zero-order chi connectivity index (χ0) is 20.8. The molecule has 150 valence electrons. The van der Waals surface area contributed by atoms with Gasteiger partial charge in [0.15, 0.2) is 0 Å². The summed E-state index contributed by atoms with van der Waals surface area (Å²) in [5.74, 6) is -1.45. The Morgan fingerprint density at radius 3 is 2.53 bits per heavy atom. The molecule has 0 aliphatic carbocycles. The van der Waals surface area contributed by atoms with Gasteiger partial charge in [0.1, 0.15) is 17.3 Å². The van der Waals surface area contributed by atoms with Crippen molar-refractivity contribution in [2.75, 3.05) is 6.54 Å². The SMILES string of the molecule is O=C(c1ccccc1F)N1CCc2[nH]c(=O)n3cc(-c4ccccc4F)nc3c2C1. The number of halogens is 2. The summed E-state index contributed by atoms with van der Waals surface area (Å²) in [7, 11) is 0. The van der Waals surface area contributed by atoms with E-state index in [9.17, 15) is 18.4 Å². The molecule has 2 aromatic carbocycles. The van der Waals surface area contributed by atoms with Crippen LogP contribution in [0.3, 0.4) is 0 Å². The van der Waals surface area contributed by atoms with E-state index in [1.807, 2.05) is 0 Å². The van der Waals surface area contributed by atoms with Crippen LogP contribution >= 0.6 is 0 Å². The van der Waals surface area contributed by atoms with Crippen molar-refractivity contribution in [2.45, 2.75) is 13.0 Å². The zero-order valence-corrected chi connectivity index (χ0v) is 15.7. The molecule has 8 heteroatoms. The van der Waals surface area contributed by atoms with Crippen LogP contribution in [0, 0.1) is 11.6 Å². The Morgan fingerprint density at radius 1 is 1.03 bits per heavy atom. The van der Waals surface area contributed by atoms with E-state index in [1.165, 1.54) is 39.8 Å². The number of nitrogens with zero attached hydrogens (tertiary/aromatic N) is 3. The van der Waals surface area contributed by atoms with Crippen molar-refractivity contribution in [2.24, 2.45) is 0 Å². The van der Waals surface area contributed by atoms with Crippen molar-refractivity contribution in [1.82, 2.24) is 19.3 Å². The van der Waals surface area contributed by atoms with Crippen molar-refractivity contribution in [3.05, 3.63) is 93.7 Å². The number of aromatic nitrogens is 3. The van der Waals surface area contributed by atoms with Crippen LogP contribution in [-0.2, 0) is 13.0 Å². The minimum absolute atomic E-state index is 0.00298. The Balaban J connectivity index is 1.59. The van der Waals surface area contributed by atoms with Crippen LogP contribution in [0.2, 0.25) is 0 Å². The first-order chi connectivity index (χ1) is 14.5. The second-order valence-electron chi connectivity index (χ2n) is 7.14. The second kappa shape index (κ2) is 6.91. The molecule has 4 aromatic rings. The van der Waals surface area contributed by atoms with Crippen LogP contribution in [0.4, 0.5) is 8.78 Å². The van der Waals surface area contributed by atoms with E-state index in [0.29, 0.717) is 35.6 Å². The summed E-state index contributed by atoms with van der Waals surface area (Å²) >= 11 is 0. The number of H-pyrrole nitrogens is 1. The maximum atomic E-state index is 14.2. The minimum atomic E-state index is -0.581. The molecule has 0 saturated heterocycles. The highest BCUT2D eigenvalue weighted by Gasteiger charge is 2.27. The molecule has 0 bridgehead atoms. The van der Waals surface area contributed by atoms with Crippen LogP contribution < -0.4 is 5.69 Å². The number of benzene rings is 2. The molecule has 0 atom stereocenters. The Morgan fingerprint density at radius 2 is 1.77 bits per heavy atom. The Bertz CT molecular complexity index is 1360. The molecule has 0 fully saturated rings. The normalized spacial score (nSPS) is 13.5. The molecule has 2 aromatic heterocycles. The largest absolute Gasteiger partial charge is 0.334 e.